The van der Waals surface area contributed by atoms with Crippen LogP contribution in [0.3, 0.4) is 0 Å². The summed E-state index contributed by atoms with van der Waals surface area (Å²) in [5.74, 6) is 1.93. The molecule has 0 aliphatic carbocycles. The number of rotatable bonds is 5. The lowest BCUT2D eigenvalue weighted by atomic mass is 10.2. The summed E-state index contributed by atoms with van der Waals surface area (Å²) in [7, 11) is 0. The van der Waals surface area contributed by atoms with E-state index in [1.54, 1.807) is 12.7 Å². The number of nitrogens with zero attached hydrogens (tertiary/aromatic N) is 5. The molecular formula is C11H16ClN5. The normalized spacial score (nSPS) is 11.3. The van der Waals surface area contributed by atoms with E-state index in [4.69, 9.17) is 11.6 Å². The molecule has 0 saturated heterocycles. The van der Waals surface area contributed by atoms with Gasteiger partial charge in [-0.15, -0.1) is 11.6 Å². The third kappa shape index (κ3) is 3.06. The van der Waals surface area contributed by atoms with Crippen LogP contribution in [0.4, 0.5) is 0 Å². The Labute approximate surface area is 105 Å². The van der Waals surface area contributed by atoms with E-state index in [0.717, 1.165) is 18.1 Å². The van der Waals surface area contributed by atoms with Crippen molar-refractivity contribution < 1.29 is 0 Å². The third-order valence-electron chi connectivity index (χ3n) is 2.38. The van der Waals surface area contributed by atoms with E-state index in [1.165, 1.54) is 0 Å². The van der Waals surface area contributed by atoms with Gasteiger partial charge in [0, 0.05) is 12.7 Å². The molecule has 0 saturated carbocycles. The van der Waals surface area contributed by atoms with Crippen molar-refractivity contribution in [2.45, 2.75) is 32.8 Å². The Balaban J connectivity index is 2.10. The zero-order valence-corrected chi connectivity index (χ0v) is 10.8. The van der Waals surface area contributed by atoms with Crippen molar-refractivity contribution in [3.05, 3.63) is 30.4 Å². The first kappa shape index (κ1) is 12.1. The molecule has 0 bridgehead atoms. The summed E-state index contributed by atoms with van der Waals surface area (Å²) >= 11 is 5.71. The average molecular weight is 254 g/mol. The zero-order valence-electron chi connectivity index (χ0n) is 10.0. The highest BCUT2D eigenvalue weighted by Gasteiger charge is 2.07. The van der Waals surface area contributed by atoms with Crippen molar-refractivity contribution in [2.75, 3.05) is 0 Å². The molecule has 2 heterocycles. The second kappa shape index (κ2) is 5.31. The zero-order chi connectivity index (χ0) is 12.3. The Morgan fingerprint density at radius 3 is 2.82 bits per heavy atom. The predicted molar refractivity (Wildman–Crippen MR) is 65.7 cm³/mol. The van der Waals surface area contributed by atoms with Crippen molar-refractivity contribution >= 4 is 11.6 Å². The fourth-order valence-electron chi connectivity index (χ4n) is 1.63. The standard InChI is InChI=1S/C11H16ClN5/c1-9(2)4-17-11(13-7-15-17)6-16-5-10(3-12)14-8-16/h5,7-9H,3-4,6H2,1-2H3. The van der Waals surface area contributed by atoms with Gasteiger partial charge in [-0.2, -0.15) is 5.10 Å². The van der Waals surface area contributed by atoms with E-state index < -0.39 is 0 Å². The van der Waals surface area contributed by atoms with Gasteiger partial charge in [0.05, 0.1) is 24.4 Å². The van der Waals surface area contributed by atoms with Crippen molar-refractivity contribution in [3.63, 3.8) is 0 Å². The maximum absolute atomic E-state index is 5.71. The second-order valence-corrected chi connectivity index (χ2v) is 4.69. The van der Waals surface area contributed by atoms with Crippen molar-refractivity contribution in [2.24, 2.45) is 5.92 Å². The van der Waals surface area contributed by atoms with Crippen LogP contribution in [0, 0.1) is 5.92 Å². The molecular weight excluding hydrogens is 238 g/mol. The third-order valence-corrected chi connectivity index (χ3v) is 2.66. The molecule has 0 aliphatic heterocycles. The van der Waals surface area contributed by atoms with Crippen molar-refractivity contribution in [3.8, 4) is 0 Å². The lowest BCUT2D eigenvalue weighted by Crippen LogP contribution is -2.12. The summed E-state index contributed by atoms with van der Waals surface area (Å²) in [5.41, 5.74) is 0.876. The first-order valence-electron chi connectivity index (χ1n) is 5.62. The predicted octanol–water partition coefficient (Wildman–Crippen LogP) is 1.92. The Hall–Kier alpha value is -1.36. The molecule has 0 aliphatic rings. The molecule has 0 spiro atoms. The maximum atomic E-state index is 5.71. The lowest BCUT2D eigenvalue weighted by molar-refractivity contribution is 0.461. The summed E-state index contributed by atoms with van der Waals surface area (Å²) in [6.45, 7) is 5.88. The Morgan fingerprint density at radius 2 is 2.18 bits per heavy atom. The summed E-state index contributed by atoms with van der Waals surface area (Å²) in [4.78, 5) is 8.45. The molecule has 0 amide bonds. The Bertz CT molecular complexity index is 474. The molecule has 2 aromatic heterocycles. The van der Waals surface area contributed by atoms with Gasteiger partial charge in [-0.25, -0.2) is 14.6 Å². The fraction of sp³-hybridized carbons (Fsp3) is 0.545. The number of imidazole rings is 1. The monoisotopic (exact) mass is 253 g/mol. The average Bonchev–Trinajstić information content (AvgIpc) is 2.89. The summed E-state index contributed by atoms with van der Waals surface area (Å²) in [5, 5.41) is 4.23. The van der Waals surface area contributed by atoms with Crippen molar-refractivity contribution in [1.82, 2.24) is 24.3 Å². The van der Waals surface area contributed by atoms with Gasteiger partial charge in [0.25, 0.3) is 0 Å². The van der Waals surface area contributed by atoms with E-state index >= 15 is 0 Å². The quantitative estimate of drug-likeness (QED) is 0.765. The highest BCUT2D eigenvalue weighted by Crippen LogP contribution is 2.05. The number of halogens is 1. The number of aromatic nitrogens is 5. The minimum atomic E-state index is 0.436. The van der Waals surface area contributed by atoms with E-state index in [0.29, 0.717) is 18.3 Å². The van der Waals surface area contributed by atoms with E-state index in [-0.39, 0.29) is 0 Å². The molecule has 0 fully saturated rings. The SMILES string of the molecule is CC(C)Cn1ncnc1Cn1cnc(CCl)c1. The molecule has 0 unspecified atom stereocenters. The van der Waals surface area contributed by atoms with Gasteiger partial charge in [-0.05, 0) is 5.92 Å². The number of hydrogen-bond acceptors (Lipinski definition) is 3. The van der Waals surface area contributed by atoms with Crippen LogP contribution in [0.25, 0.3) is 0 Å². The van der Waals surface area contributed by atoms with Crippen LogP contribution in [-0.4, -0.2) is 24.3 Å². The van der Waals surface area contributed by atoms with Crippen LogP contribution in [0.5, 0.6) is 0 Å². The molecule has 6 heteroatoms. The number of hydrogen-bond donors (Lipinski definition) is 0. The van der Waals surface area contributed by atoms with Crippen LogP contribution in [0.15, 0.2) is 18.9 Å². The molecule has 2 rings (SSSR count). The molecule has 0 atom stereocenters. The summed E-state index contributed by atoms with van der Waals surface area (Å²) < 4.78 is 3.91. The fourth-order valence-corrected chi connectivity index (χ4v) is 1.77. The van der Waals surface area contributed by atoms with Crippen LogP contribution in [0.1, 0.15) is 25.4 Å². The minimum Gasteiger partial charge on any atom is -0.330 e. The molecule has 5 nitrogen and oxygen atoms in total. The highest BCUT2D eigenvalue weighted by atomic mass is 35.5. The Morgan fingerprint density at radius 1 is 1.35 bits per heavy atom. The summed E-state index contributed by atoms with van der Waals surface area (Å²) in [6.07, 6.45) is 5.30. The lowest BCUT2D eigenvalue weighted by Gasteiger charge is -2.08. The molecule has 92 valence electrons. The van der Waals surface area contributed by atoms with Gasteiger partial charge in [-0.3, -0.25) is 0 Å². The largest absolute Gasteiger partial charge is 0.330 e. The van der Waals surface area contributed by atoms with E-state index in [2.05, 4.69) is 28.9 Å². The van der Waals surface area contributed by atoms with E-state index in [9.17, 15) is 0 Å². The topological polar surface area (TPSA) is 48.5 Å². The number of alkyl halides is 1. The molecule has 0 radical (unpaired) electrons. The van der Waals surface area contributed by atoms with Gasteiger partial charge < -0.3 is 4.57 Å². The highest BCUT2D eigenvalue weighted by molar-refractivity contribution is 6.16. The van der Waals surface area contributed by atoms with Crippen LogP contribution >= 0.6 is 11.6 Å². The first-order chi connectivity index (χ1) is 8.19. The van der Waals surface area contributed by atoms with Crippen LogP contribution in [0.2, 0.25) is 0 Å². The van der Waals surface area contributed by atoms with Gasteiger partial charge in [0.1, 0.15) is 12.2 Å². The Kier molecular flexibility index (Phi) is 3.78. The minimum absolute atomic E-state index is 0.436. The van der Waals surface area contributed by atoms with Crippen LogP contribution < -0.4 is 0 Å². The summed E-state index contributed by atoms with van der Waals surface area (Å²) in [6, 6.07) is 0. The smallest absolute Gasteiger partial charge is 0.146 e. The molecule has 0 N–H and O–H groups in total. The van der Waals surface area contributed by atoms with Gasteiger partial charge >= 0.3 is 0 Å². The van der Waals surface area contributed by atoms with E-state index in [1.807, 2.05) is 15.4 Å². The van der Waals surface area contributed by atoms with Crippen molar-refractivity contribution in [1.29, 1.82) is 0 Å². The second-order valence-electron chi connectivity index (χ2n) is 4.42. The maximum Gasteiger partial charge on any atom is 0.146 e. The molecule has 17 heavy (non-hydrogen) atoms. The van der Waals surface area contributed by atoms with Gasteiger partial charge in [0.2, 0.25) is 0 Å². The first-order valence-corrected chi connectivity index (χ1v) is 6.15. The van der Waals surface area contributed by atoms with Gasteiger partial charge in [0.15, 0.2) is 0 Å². The molecule has 2 aromatic rings. The van der Waals surface area contributed by atoms with Crippen LogP contribution in [-0.2, 0) is 19.0 Å². The van der Waals surface area contributed by atoms with Gasteiger partial charge in [-0.1, -0.05) is 13.8 Å². The molecule has 0 aromatic carbocycles.